The number of aryl methyl sites for hydroxylation is 1. The van der Waals surface area contributed by atoms with Crippen molar-refractivity contribution in [2.24, 2.45) is 0 Å². The van der Waals surface area contributed by atoms with Gasteiger partial charge in [0.05, 0.1) is 11.1 Å². The molecule has 0 aliphatic carbocycles. The average Bonchev–Trinajstić information content (AvgIpc) is 3.31. The first-order valence-corrected chi connectivity index (χ1v) is 10.2. The first kappa shape index (κ1) is 17.8. The van der Waals surface area contributed by atoms with E-state index in [0.29, 0.717) is 43.2 Å². The van der Waals surface area contributed by atoms with Crippen molar-refractivity contribution >= 4 is 21.7 Å². The van der Waals surface area contributed by atoms with Crippen LogP contribution < -0.4 is 19.1 Å². The molecule has 1 aromatic heterocycles. The standard InChI is InChI=1S/C17H20N4O5S/c1-2-21-16(7-8-18-21)20-9-3-4-13(17(20)22)19-27(23,24)12-5-6-14-15(10-12)26-11-25-14/h5-8,10,13,19H,2-4,9,11H2,1H3/t13-/m1/s1. The Labute approximate surface area is 156 Å². The molecule has 3 heterocycles. The van der Waals surface area contributed by atoms with Crippen molar-refractivity contribution in [3.8, 4) is 11.5 Å². The monoisotopic (exact) mass is 392 g/mol. The molecule has 0 bridgehead atoms. The molecule has 0 saturated carbocycles. The first-order valence-electron chi connectivity index (χ1n) is 8.75. The number of ether oxygens (including phenoxy) is 2. The predicted octanol–water partition coefficient (Wildman–Crippen LogP) is 1.11. The lowest BCUT2D eigenvalue weighted by Crippen LogP contribution is -2.52. The third-order valence-corrected chi connectivity index (χ3v) is 6.13. The van der Waals surface area contributed by atoms with E-state index in [0.717, 1.165) is 0 Å². The molecule has 27 heavy (non-hydrogen) atoms. The number of hydrogen-bond donors (Lipinski definition) is 1. The van der Waals surface area contributed by atoms with Crippen LogP contribution in [0.4, 0.5) is 5.82 Å². The van der Waals surface area contributed by atoms with Crippen LogP contribution >= 0.6 is 0 Å². The Morgan fingerprint density at radius 2 is 2.07 bits per heavy atom. The van der Waals surface area contributed by atoms with E-state index in [1.54, 1.807) is 27.9 Å². The maximum Gasteiger partial charge on any atom is 0.246 e. The maximum absolute atomic E-state index is 12.9. The van der Waals surface area contributed by atoms with Gasteiger partial charge >= 0.3 is 0 Å². The molecule has 2 aliphatic heterocycles. The van der Waals surface area contributed by atoms with Gasteiger partial charge in [-0.1, -0.05) is 0 Å². The van der Waals surface area contributed by atoms with Gasteiger partial charge < -0.3 is 9.47 Å². The van der Waals surface area contributed by atoms with Crippen LogP contribution in [0.15, 0.2) is 35.4 Å². The van der Waals surface area contributed by atoms with Crippen LogP contribution in [0.2, 0.25) is 0 Å². The van der Waals surface area contributed by atoms with E-state index in [1.807, 2.05) is 6.92 Å². The molecule has 1 aromatic carbocycles. The van der Waals surface area contributed by atoms with E-state index in [-0.39, 0.29) is 17.6 Å². The zero-order valence-corrected chi connectivity index (χ0v) is 15.6. The van der Waals surface area contributed by atoms with Crippen molar-refractivity contribution in [3.05, 3.63) is 30.5 Å². The van der Waals surface area contributed by atoms with E-state index in [1.165, 1.54) is 12.1 Å². The number of nitrogens with zero attached hydrogens (tertiary/aromatic N) is 3. The number of anilines is 1. The number of carbonyl (C=O) groups is 1. The number of piperidine rings is 1. The topological polar surface area (TPSA) is 103 Å². The third kappa shape index (κ3) is 3.26. The molecule has 0 radical (unpaired) electrons. The summed E-state index contributed by atoms with van der Waals surface area (Å²) in [5.74, 6) is 1.28. The van der Waals surface area contributed by atoms with E-state index >= 15 is 0 Å². The van der Waals surface area contributed by atoms with Gasteiger partial charge in [-0.2, -0.15) is 9.82 Å². The van der Waals surface area contributed by atoms with Gasteiger partial charge in [-0.15, -0.1) is 0 Å². The Balaban J connectivity index is 1.55. The van der Waals surface area contributed by atoms with Crippen molar-refractivity contribution in [2.75, 3.05) is 18.2 Å². The number of rotatable bonds is 5. The third-order valence-electron chi connectivity index (χ3n) is 4.66. The second-order valence-electron chi connectivity index (χ2n) is 6.33. The van der Waals surface area contributed by atoms with Crippen LogP contribution in [0.1, 0.15) is 19.8 Å². The van der Waals surface area contributed by atoms with Gasteiger partial charge in [0.25, 0.3) is 0 Å². The highest BCUT2D eigenvalue weighted by molar-refractivity contribution is 7.89. The molecule has 0 spiro atoms. The van der Waals surface area contributed by atoms with Crippen molar-refractivity contribution in [1.29, 1.82) is 0 Å². The van der Waals surface area contributed by atoms with Crippen molar-refractivity contribution < 1.29 is 22.7 Å². The number of amides is 1. The highest BCUT2D eigenvalue weighted by atomic mass is 32.2. The van der Waals surface area contributed by atoms with E-state index in [2.05, 4.69) is 9.82 Å². The molecule has 1 N–H and O–H groups in total. The number of nitrogens with one attached hydrogen (secondary N) is 1. The second-order valence-corrected chi connectivity index (χ2v) is 8.04. The molecule has 1 fully saturated rings. The highest BCUT2D eigenvalue weighted by Gasteiger charge is 2.34. The van der Waals surface area contributed by atoms with Crippen LogP contribution in [0.25, 0.3) is 0 Å². The minimum atomic E-state index is -3.88. The molecular formula is C17H20N4O5S. The van der Waals surface area contributed by atoms with E-state index in [9.17, 15) is 13.2 Å². The predicted molar refractivity (Wildman–Crippen MR) is 96.2 cm³/mol. The average molecular weight is 392 g/mol. The molecule has 1 saturated heterocycles. The molecule has 4 rings (SSSR count). The zero-order valence-electron chi connectivity index (χ0n) is 14.8. The SMILES string of the molecule is CCn1nccc1N1CCC[C@@H](NS(=O)(=O)c2ccc3c(c2)OCO3)C1=O. The van der Waals surface area contributed by atoms with Crippen LogP contribution in [0.3, 0.4) is 0 Å². The first-order chi connectivity index (χ1) is 13.0. The summed E-state index contributed by atoms with van der Waals surface area (Å²) in [6, 6.07) is 5.32. The molecule has 9 nitrogen and oxygen atoms in total. The Morgan fingerprint density at radius 1 is 1.26 bits per heavy atom. The van der Waals surface area contributed by atoms with Crippen molar-refractivity contribution in [2.45, 2.75) is 37.2 Å². The summed E-state index contributed by atoms with van der Waals surface area (Å²) in [6.45, 7) is 3.16. The van der Waals surface area contributed by atoms with Crippen LogP contribution in [-0.2, 0) is 21.4 Å². The highest BCUT2D eigenvalue weighted by Crippen LogP contribution is 2.34. The molecule has 144 valence electrons. The summed E-state index contributed by atoms with van der Waals surface area (Å²) in [5.41, 5.74) is 0. The number of hydrogen-bond acceptors (Lipinski definition) is 6. The zero-order chi connectivity index (χ0) is 19.0. The lowest BCUT2D eigenvalue weighted by Gasteiger charge is -2.32. The van der Waals surface area contributed by atoms with Crippen LogP contribution in [-0.4, -0.2) is 43.5 Å². The fourth-order valence-corrected chi connectivity index (χ4v) is 4.55. The second kappa shape index (κ2) is 6.86. The minimum Gasteiger partial charge on any atom is -0.454 e. The smallest absolute Gasteiger partial charge is 0.246 e. The molecule has 10 heteroatoms. The maximum atomic E-state index is 12.9. The summed E-state index contributed by atoms with van der Waals surface area (Å²) in [7, 11) is -3.88. The summed E-state index contributed by atoms with van der Waals surface area (Å²) in [4.78, 5) is 14.5. The molecule has 1 amide bonds. The van der Waals surface area contributed by atoms with Gasteiger partial charge in [-0.25, -0.2) is 13.1 Å². The molecule has 2 aromatic rings. The quantitative estimate of drug-likeness (QED) is 0.818. The minimum absolute atomic E-state index is 0.0373. The molecular weight excluding hydrogens is 372 g/mol. The van der Waals surface area contributed by atoms with Gasteiger partial charge in [0, 0.05) is 25.2 Å². The van der Waals surface area contributed by atoms with Gasteiger partial charge in [0.15, 0.2) is 11.5 Å². The fraction of sp³-hybridized carbons (Fsp3) is 0.412. The number of fused-ring (bicyclic) bond motifs is 1. The number of sulfonamides is 1. The van der Waals surface area contributed by atoms with Gasteiger partial charge in [0.2, 0.25) is 22.7 Å². The van der Waals surface area contributed by atoms with E-state index in [4.69, 9.17) is 9.47 Å². The van der Waals surface area contributed by atoms with E-state index < -0.39 is 16.1 Å². The lowest BCUT2D eigenvalue weighted by molar-refractivity contribution is -0.121. The normalized spacial score (nSPS) is 19.5. The Kier molecular flexibility index (Phi) is 4.52. The molecule has 2 aliphatic rings. The molecule has 1 atom stereocenters. The number of carbonyl (C=O) groups excluding carboxylic acids is 1. The Hall–Kier alpha value is -2.59. The summed E-state index contributed by atoms with van der Waals surface area (Å²) in [6.07, 6.45) is 2.76. The fourth-order valence-electron chi connectivity index (χ4n) is 3.31. The number of aromatic nitrogens is 2. The van der Waals surface area contributed by atoms with Gasteiger partial charge in [-0.3, -0.25) is 9.69 Å². The Bertz CT molecular complexity index is 971. The lowest BCUT2D eigenvalue weighted by atomic mass is 10.1. The largest absolute Gasteiger partial charge is 0.454 e. The Morgan fingerprint density at radius 3 is 2.89 bits per heavy atom. The van der Waals surface area contributed by atoms with Crippen LogP contribution in [0, 0.1) is 0 Å². The van der Waals surface area contributed by atoms with Crippen molar-refractivity contribution in [3.63, 3.8) is 0 Å². The summed E-state index contributed by atoms with van der Waals surface area (Å²) >= 11 is 0. The van der Waals surface area contributed by atoms with Gasteiger partial charge in [0.1, 0.15) is 11.9 Å². The number of benzene rings is 1. The summed E-state index contributed by atoms with van der Waals surface area (Å²) in [5, 5.41) is 4.18. The molecule has 0 unspecified atom stereocenters. The van der Waals surface area contributed by atoms with Gasteiger partial charge in [-0.05, 0) is 31.9 Å². The van der Waals surface area contributed by atoms with Crippen molar-refractivity contribution in [1.82, 2.24) is 14.5 Å². The van der Waals surface area contributed by atoms with Crippen LogP contribution in [0.5, 0.6) is 11.5 Å². The summed E-state index contributed by atoms with van der Waals surface area (Å²) < 4.78 is 40.2.